The molecule has 4 rings (SSSR count). The Labute approximate surface area is 185 Å². The fourth-order valence-electron chi connectivity index (χ4n) is 3.26. The number of benzene rings is 2. The summed E-state index contributed by atoms with van der Waals surface area (Å²) >= 11 is 0.789. The van der Waals surface area contributed by atoms with Gasteiger partial charge in [0.2, 0.25) is 4.34 Å². The van der Waals surface area contributed by atoms with Crippen molar-refractivity contribution in [2.45, 2.75) is 23.5 Å². The number of halogens is 3. The lowest BCUT2D eigenvalue weighted by Crippen LogP contribution is -2.36. The maximum Gasteiger partial charge on any atom is 0.416 e. The number of carbonyl (C=O) groups excluding carboxylic acids is 1. The lowest BCUT2D eigenvalue weighted by atomic mass is 9.99. The number of fused-ring (bicyclic) bond motifs is 1. The summed E-state index contributed by atoms with van der Waals surface area (Å²) in [5.41, 5.74) is 1.09. The first-order valence-corrected chi connectivity index (χ1v) is 11.7. The lowest BCUT2D eigenvalue weighted by molar-refractivity contribution is -0.137. The highest BCUT2D eigenvalue weighted by Gasteiger charge is 2.30. The number of hydrogen-bond donors (Lipinski definition) is 1. The SMILES string of the molecule is NS(=O)(=O)c1nc(C(=O)N2CCc3cc(Oc4ccc(C(F)(F)F)cc4)ccc3C2)cs1. The van der Waals surface area contributed by atoms with Crippen LogP contribution in [0.25, 0.3) is 0 Å². The zero-order valence-corrected chi connectivity index (χ0v) is 17.9. The van der Waals surface area contributed by atoms with Gasteiger partial charge in [-0.15, -0.1) is 11.3 Å². The molecule has 0 aliphatic carbocycles. The number of hydrogen-bond acceptors (Lipinski definition) is 6. The molecule has 0 radical (unpaired) electrons. The Kier molecular flexibility index (Phi) is 5.69. The van der Waals surface area contributed by atoms with Crippen molar-refractivity contribution in [2.24, 2.45) is 5.14 Å². The smallest absolute Gasteiger partial charge is 0.416 e. The van der Waals surface area contributed by atoms with E-state index in [1.807, 2.05) is 0 Å². The van der Waals surface area contributed by atoms with E-state index in [1.165, 1.54) is 17.5 Å². The van der Waals surface area contributed by atoms with Gasteiger partial charge in [-0.25, -0.2) is 18.5 Å². The first-order valence-electron chi connectivity index (χ1n) is 9.25. The number of amides is 1. The summed E-state index contributed by atoms with van der Waals surface area (Å²) in [7, 11) is -3.97. The van der Waals surface area contributed by atoms with Crippen LogP contribution in [0.4, 0.5) is 13.2 Å². The van der Waals surface area contributed by atoms with Crippen molar-refractivity contribution >= 4 is 27.3 Å². The molecule has 2 heterocycles. The van der Waals surface area contributed by atoms with Crippen molar-refractivity contribution in [1.29, 1.82) is 0 Å². The van der Waals surface area contributed by atoms with Crippen LogP contribution in [0.15, 0.2) is 52.2 Å². The van der Waals surface area contributed by atoms with E-state index in [9.17, 15) is 26.4 Å². The topological polar surface area (TPSA) is 103 Å². The third kappa shape index (κ3) is 4.76. The number of rotatable bonds is 4. The van der Waals surface area contributed by atoms with Crippen LogP contribution in [0.1, 0.15) is 27.2 Å². The predicted molar refractivity (Wildman–Crippen MR) is 110 cm³/mol. The van der Waals surface area contributed by atoms with Crippen LogP contribution in [0.3, 0.4) is 0 Å². The summed E-state index contributed by atoms with van der Waals surface area (Å²) in [6.07, 6.45) is -3.89. The van der Waals surface area contributed by atoms with Crippen molar-refractivity contribution < 1.29 is 31.1 Å². The van der Waals surface area contributed by atoms with E-state index in [4.69, 9.17) is 9.88 Å². The Balaban J connectivity index is 1.45. The number of sulfonamides is 1. The fourth-order valence-corrected chi connectivity index (χ4v) is 4.69. The minimum absolute atomic E-state index is 0.0183. The number of nitrogens with zero attached hydrogens (tertiary/aromatic N) is 2. The molecule has 7 nitrogen and oxygen atoms in total. The maximum atomic E-state index is 12.7. The molecule has 0 saturated carbocycles. The number of aromatic nitrogens is 1. The van der Waals surface area contributed by atoms with Gasteiger partial charge in [0, 0.05) is 18.5 Å². The largest absolute Gasteiger partial charge is 0.457 e. The summed E-state index contributed by atoms with van der Waals surface area (Å²) in [6.45, 7) is 0.689. The highest BCUT2D eigenvalue weighted by atomic mass is 32.2. The fraction of sp³-hybridized carbons (Fsp3) is 0.200. The second-order valence-electron chi connectivity index (χ2n) is 7.08. The second kappa shape index (κ2) is 8.19. The van der Waals surface area contributed by atoms with Gasteiger partial charge in [-0.3, -0.25) is 4.79 Å². The molecule has 1 aliphatic rings. The summed E-state index contributed by atoms with van der Waals surface area (Å²) < 4.78 is 66.1. The van der Waals surface area contributed by atoms with Gasteiger partial charge >= 0.3 is 6.18 Å². The molecule has 0 spiro atoms. The Morgan fingerprint density at radius 1 is 1.09 bits per heavy atom. The van der Waals surface area contributed by atoms with E-state index >= 15 is 0 Å². The highest BCUT2D eigenvalue weighted by molar-refractivity contribution is 7.91. The van der Waals surface area contributed by atoms with Crippen molar-refractivity contribution in [3.05, 3.63) is 70.2 Å². The number of thiazole rings is 1. The molecular formula is C20H16F3N3O4S2. The normalized spacial score (nSPS) is 14.2. The van der Waals surface area contributed by atoms with Crippen molar-refractivity contribution in [2.75, 3.05) is 6.54 Å². The van der Waals surface area contributed by atoms with Crippen LogP contribution in [0.5, 0.6) is 11.5 Å². The average molecular weight is 483 g/mol. The van der Waals surface area contributed by atoms with Crippen LogP contribution in [0, 0.1) is 0 Å². The first kappa shape index (κ1) is 22.2. The van der Waals surface area contributed by atoms with E-state index in [0.29, 0.717) is 25.3 Å². The van der Waals surface area contributed by atoms with Crippen LogP contribution in [-0.4, -0.2) is 30.8 Å². The molecule has 0 unspecified atom stereocenters. The summed E-state index contributed by atoms with van der Waals surface area (Å²) in [4.78, 5) is 18.1. The van der Waals surface area contributed by atoms with Crippen molar-refractivity contribution in [3.8, 4) is 11.5 Å². The monoisotopic (exact) mass is 483 g/mol. The highest BCUT2D eigenvalue weighted by Crippen LogP contribution is 2.32. The molecule has 12 heteroatoms. The molecule has 0 fully saturated rings. The Morgan fingerprint density at radius 3 is 2.41 bits per heavy atom. The number of ether oxygens (including phenoxy) is 1. The molecule has 1 aliphatic heterocycles. The van der Waals surface area contributed by atoms with Gasteiger partial charge in [0.25, 0.3) is 15.9 Å². The van der Waals surface area contributed by atoms with Gasteiger partial charge in [0.15, 0.2) is 0 Å². The molecule has 2 N–H and O–H groups in total. The van der Waals surface area contributed by atoms with Crippen LogP contribution < -0.4 is 9.88 Å². The van der Waals surface area contributed by atoms with Gasteiger partial charge < -0.3 is 9.64 Å². The summed E-state index contributed by atoms with van der Waals surface area (Å²) in [6, 6.07) is 9.67. The minimum Gasteiger partial charge on any atom is -0.457 e. The van der Waals surface area contributed by atoms with Gasteiger partial charge in [0.05, 0.1) is 5.56 Å². The zero-order chi connectivity index (χ0) is 23.1. The average Bonchev–Trinajstić information content (AvgIpc) is 3.23. The van der Waals surface area contributed by atoms with E-state index < -0.39 is 27.7 Å². The van der Waals surface area contributed by atoms with Crippen LogP contribution in [-0.2, 0) is 29.2 Å². The summed E-state index contributed by atoms with van der Waals surface area (Å²) in [5.74, 6) is 0.354. The number of primary sulfonamides is 1. The molecule has 32 heavy (non-hydrogen) atoms. The van der Waals surface area contributed by atoms with Gasteiger partial charge in [-0.2, -0.15) is 13.2 Å². The number of carbonyl (C=O) groups is 1. The second-order valence-corrected chi connectivity index (χ2v) is 9.67. The van der Waals surface area contributed by atoms with E-state index in [1.54, 1.807) is 23.1 Å². The molecule has 0 atom stereocenters. The Hall–Kier alpha value is -2.96. The summed E-state index contributed by atoms with van der Waals surface area (Å²) in [5, 5.41) is 6.40. The molecule has 3 aromatic rings. The molecule has 1 aromatic heterocycles. The minimum atomic E-state index is -4.41. The van der Waals surface area contributed by atoms with Gasteiger partial charge in [-0.1, -0.05) is 6.07 Å². The molecular weight excluding hydrogens is 467 g/mol. The third-order valence-corrected chi connectivity index (χ3v) is 7.04. The quantitative estimate of drug-likeness (QED) is 0.608. The van der Waals surface area contributed by atoms with E-state index in [2.05, 4.69) is 4.98 Å². The van der Waals surface area contributed by atoms with E-state index in [-0.39, 0.29) is 15.8 Å². The van der Waals surface area contributed by atoms with Crippen molar-refractivity contribution in [3.63, 3.8) is 0 Å². The molecule has 0 saturated heterocycles. The maximum absolute atomic E-state index is 12.7. The number of alkyl halides is 3. The Bertz CT molecular complexity index is 1270. The molecule has 0 bridgehead atoms. The number of nitrogens with two attached hydrogens (primary N) is 1. The van der Waals surface area contributed by atoms with E-state index in [0.717, 1.165) is 34.6 Å². The third-order valence-electron chi connectivity index (χ3n) is 4.84. The predicted octanol–water partition coefficient (Wildman–Crippen LogP) is 3.80. The van der Waals surface area contributed by atoms with Crippen molar-refractivity contribution in [1.82, 2.24) is 9.88 Å². The molecule has 168 valence electrons. The standard InChI is InChI=1S/C20H16F3N3O4S2/c21-20(22,23)14-2-5-15(6-3-14)30-16-4-1-13-10-26(8-7-12(13)9-16)18(27)17-11-31-19(25-17)32(24,28)29/h1-6,9,11H,7-8,10H2,(H2,24,28,29). The zero-order valence-electron chi connectivity index (χ0n) is 16.3. The first-order chi connectivity index (χ1) is 15.0. The van der Waals surface area contributed by atoms with Gasteiger partial charge in [-0.05, 0) is 53.9 Å². The van der Waals surface area contributed by atoms with Gasteiger partial charge in [0.1, 0.15) is 17.2 Å². The van der Waals surface area contributed by atoms with Crippen LogP contribution in [0.2, 0.25) is 0 Å². The molecule has 2 aromatic carbocycles. The molecule has 1 amide bonds. The lowest BCUT2D eigenvalue weighted by Gasteiger charge is -2.28. The Morgan fingerprint density at radius 2 is 1.78 bits per heavy atom. The van der Waals surface area contributed by atoms with Crippen LogP contribution >= 0.6 is 11.3 Å².